The summed E-state index contributed by atoms with van der Waals surface area (Å²) in [5.74, 6) is 1.30. The standard InChI is InChI=1S/C22H22Cl3N5O3/c1-13(12-32-2)27-21-26-9-8-19(28-21)30(15-4-6-16(33-3)7-5-15)22(31)29-20-17(24)10-14(23)11-18(20)25/h4-11,13H,12H2,1-3H3,(H,29,31)(H,26,27,28)/t13-/m0/s1. The largest absolute Gasteiger partial charge is 0.497 e. The van der Waals surface area contributed by atoms with Gasteiger partial charge < -0.3 is 20.1 Å². The Hall–Kier alpha value is -2.78. The van der Waals surface area contributed by atoms with E-state index in [9.17, 15) is 4.79 Å². The van der Waals surface area contributed by atoms with Crippen molar-refractivity contribution in [1.29, 1.82) is 0 Å². The third-order valence-electron chi connectivity index (χ3n) is 4.43. The number of hydrogen-bond acceptors (Lipinski definition) is 6. The van der Waals surface area contributed by atoms with Crippen LogP contribution in [0.2, 0.25) is 15.1 Å². The Morgan fingerprint density at radius 2 is 1.76 bits per heavy atom. The van der Waals surface area contributed by atoms with E-state index in [0.29, 0.717) is 34.8 Å². The second-order valence-corrected chi connectivity index (χ2v) is 8.20. The number of carbonyl (C=O) groups is 1. The van der Waals surface area contributed by atoms with Gasteiger partial charge in [-0.05, 0) is 43.3 Å². The molecule has 0 unspecified atom stereocenters. The van der Waals surface area contributed by atoms with Crippen molar-refractivity contribution >= 4 is 64.0 Å². The van der Waals surface area contributed by atoms with Crippen molar-refractivity contribution in [2.75, 3.05) is 36.4 Å². The summed E-state index contributed by atoms with van der Waals surface area (Å²) in [7, 11) is 3.17. The molecular weight excluding hydrogens is 489 g/mol. The van der Waals surface area contributed by atoms with Crippen molar-refractivity contribution < 1.29 is 14.3 Å². The van der Waals surface area contributed by atoms with E-state index < -0.39 is 6.03 Å². The van der Waals surface area contributed by atoms with Crippen molar-refractivity contribution in [3.05, 3.63) is 63.7 Å². The highest BCUT2D eigenvalue weighted by molar-refractivity contribution is 6.42. The molecule has 174 valence electrons. The molecule has 2 amide bonds. The van der Waals surface area contributed by atoms with Gasteiger partial charge in [0.05, 0.1) is 35.1 Å². The van der Waals surface area contributed by atoms with Crippen molar-refractivity contribution in [2.24, 2.45) is 0 Å². The number of nitrogens with zero attached hydrogens (tertiary/aromatic N) is 3. The molecule has 0 aliphatic carbocycles. The Kier molecular flexibility index (Phi) is 8.57. The zero-order valence-corrected chi connectivity index (χ0v) is 20.4. The summed E-state index contributed by atoms with van der Waals surface area (Å²) in [6, 6.07) is 10.9. The van der Waals surface area contributed by atoms with Crippen molar-refractivity contribution in [3.63, 3.8) is 0 Å². The maximum absolute atomic E-state index is 13.4. The topological polar surface area (TPSA) is 88.6 Å². The second-order valence-electron chi connectivity index (χ2n) is 6.95. The molecular formula is C22H22Cl3N5O3. The number of ether oxygens (including phenoxy) is 2. The number of amides is 2. The van der Waals surface area contributed by atoms with Crippen LogP contribution in [0.15, 0.2) is 48.7 Å². The zero-order chi connectivity index (χ0) is 24.0. The fraction of sp³-hybridized carbons (Fsp3) is 0.227. The highest BCUT2D eigenvalue weighted by Gasteiger charge is 2.23. The van der Waals surface area contributed by atoms with Crippen LogP contribution in [0.1, 0.15) is 6.92 Å². The number of benzene rings is 2. The minimum atomic E-state index is -0.541. The molecule has 8 nitrogen and oxygen atoms in total. The molecule has 11 heteroatoms. The van der Waals surface area contributed by atoms with Crippen LogP contribution in [0.3, 0.4) is 0 Å². The molecule has 0 aliphatic rings. The maximum atomic E-state index is 13.4. The van der Waals surface area contributed by atoms with Gasteiger partial charge in [-0.3, -0.25) is 0 Å². The van der Waals surface area contributed by atoms with Crippen LogP contribution >= 0.6 is 34.8 Å². The molecule has 1 atom stereocenters. The van der Waals surface area contributed by atoms with Crippen LogP contribution in [0, 0.1) is 0 Å². The van der Waals surface area contributed by atoms with Crippen molar-refractivity contribution in [3.8, 4) is 5.75 Å². The summed E-state index contributed by atoms with van der Waals surface area (Å²) in [6.45, 7) is 2.39. The van der Waals surface area contributed by atoms with Crippen LogP contribution < -0.4 is 20.3 Å². The smallest absolute Gasteiger partial charge is 0.332 e. The number of hydrogen-bond donors (Lipinski definition) is 2. The van der Waals surface area contributed by atoms with E-state index in [1.165, 1.54) is 17.0 Å². The van der Waals surface area contributed by atoms with E-state index >= 15 is 0 Å². The van der Waals surface area contributed by atoms with Gasteiger partial charge in [0.15, 0.2) is 0 Å². The predicted molar refractivity (Wildman–Crippen MR) is 133 cm³/mol. The minimum Gasteiger partial charge on any atom is -0.497 e. The molecule has 0 saturated heterocycles. The molecule has 33 heavy (non-hydrogen) atoms. The van der Waals surface area contributed by atoms with E-state index in [1.807, 2.05) is 6.92 Å². The van der Waals surface area contributed by atoms with E-state index in [1.54, 1.807) is 50.7 Å². The monoisotopic (exact) mass is 509 g/mol. The average molecular weight is 511 g/mol. The Morgan fingerprint density at radius 1 is 1.09 bits per heavy atom. The lowest BCUT2D eigenvalue weighted by Crippen LogP contribution is -2.32. The SMILES string of the molecule is COC[C@H](C)Nc1nccc(N(C(=O)Nc2c(Cl)cc(Cl)cc2Cl)c2ccc(OC)cc2)n1. The van der Waals surface area contributed by atoms with Crippen LogP contribution in [0.5, 0.6) is 5.75 Å². The van der Waals surface area contributed by atoms with Crippen molar-refractivity contribution in [1.82, 2.24) is 9.97 Å². The average Bonchev–Trinajstić information content (AvgIpc) is 2.77. The van der Waals surface area contributed by atoms with E-state index in [4.69, 9.17) is 44.3 Å². The first-order valence-corrected chi connectivity index (χ1v) is 10.9. The lowest BCUT2D eigenvalue weighted by Gasteiger charge is -2.24. The first-order valence-electron chi connectivity index (χ1n) is 9.80. The molecule has 3 aromatic rings. The predicted octanol–water partition coefficient (Wildman–Crippen LogP) is 6.26. The second kappa shape index (κ2) is 11.4. The van der Waals surface area contributed by atoms with Crippen LogP contribution in [-0.2, 0) is 4.74 Å². The zero-order valence-electron chi connectivity index (χ0n) is 18.1. The summed E-state index contributed by atoms with van der Waals surface area (Å²) in [5.41, 5.74) is 0.761. The van der Waals surface area contributed by atoms with Gasteiger partial charge in [0, 0.05) is 30.4 Å². The van der Waals surface area contributed by atoms with Gasteiger partial charge in [0.25, 0.3) is 0 Å². The minimum absolute atomic E-state index is 0.0415. The molecule has 1 heterocycles. The van der Waals surface area contributed by atoms with Gasteiger partial charge in [-0.2, -0.15) is 4.98 Å². The van der Waals surface area contributed by atoms with Crippen LogP contribution in [0.25, 0.3) is 0 Å². The summed E-state index contributed by atoms with van der Waals surface area (Å²) in [4.78, 5) is 23.5. The molecule has 0 spiro atoms. The molecule has 0 bridgehead atoms. The maximum Gasteiger partial charge on any atom is 0.332 e. The Morgan fingerprint density at radius 3 is 2.36 bits per heavy atom. The number of aromatic nitrogens is 2. The van der Waals surface area contributed by atoms with Crippen LogP contribution in [-0.4, -0.2) is 42.9 Å². The normalized spacial score (nSPS) is 11.6. The van der Waals surface area contributed by atoms with Gasteiger partial charge in [0.1, 0.15) is 11.6 Å². The third-order valence-corrected chi connectivity index (χ3v) is 5.25. The van der Waals surface area contributed by atoms with Gasteiger partial charge in [-0.15, -0.1) is 0 Å². The van der Waals surface area contributed by atoms with Gasteiger partial charge >= 0.3 is 6.03 Å². The Balaban J connectivity index is 1.99. The first kappa shape index (κ1) is 24.9. The lowest BCUT2D eigenvalue weighted by atomic mass is 10.2. The summed E-state index contributed by atoms with van der Waals surface area (Å²) < 4.78 is 10.4. The number of halogens is 3. The molecule has 0 fully saturated rings. The number of anilines is 4. The molecule has 2 aromatic carbocycles. The van der Waals surface area contributed by atoms with Gasteiger partial charge in [-0.1, -0.05) is 34.8 Å². The molecule has 0 radical (unpaired) electrons. The van der Waals surface area contributed by atoms with Crippen LogP contribution in [0.4, 0.5) is 27.9 Å². The molecule has 0 aliphatic heterocycles. The highest BCUT2D eigenvalue weighted by Crippen LogP contribution is 2.35. The summed E-state index contributed by atoms with van der Waals surface area (Å²) in [5, 5.41) is 6.64. The van der Waals surface area contributed by atoms with Crippen molar-refractivity contribution in [2.45, 2.75) is 13.0 Å². The van der Waals surface area contributed by atoms with E-state index in [0.717, 1.165) is 0 Å². The highest BCUT2D eigenvalue weighted by atomic mass is 35.5. The lowest BCUT2D eigenvalue weighted by molar-refractivity contribution is 0.190. The Labute approximate surface area is 206 Å². The number of methoxy groups -OCH3 is 2. The number of urea groups is 1. The summed E-state index contributed by atoms with van der Waals surface area (Å²) >= 11 is 18.5. The third kappa shape index (κ3) is 6.39. The molecule has 3 rings (SSSR count). The molecule has 0 saturated carbocycles. The Bertz CT molecular complexity index is 1090. The van der Waals surface area contributed by atoms with Gasteiger partial charge in [-0.25, -0.2) is 14.7 Å². The van der Waals surface area contributed by atoms with Gasteiger partial charge in [0.2, 0.25) is 5.95 Å². The quantitative estimate of drug-likeness (QED) is 0.372. The van der Waals surface area contributed by atoms with E-state index in [-0.39, 0.29) is 21.8 Å². The first-order chi connectivity index (χ1) is 15.8. The summed E-state index contributed by atoms with van der Waals surface area (Å²) in [6.07, 6.45) is 1.55. The van der Waals surface area contributed by atoms with E-state index in [2.05, 4.69) is 20.6 Å². The number of rotatable bonds is 8. The fourth-order valence-electron chi connectivity index (χ4n) is 2.96. The number of nitrogens with one attached hydrogen (secondary N) is 2. The molecule has 2 N–H and O–H groups in total. The number of carbonyl (C=O) groups excluding carboxylic acids is 1. The fourth-order valence-corrected chi connectivity index (χ4v) is 3.88. The molecule has 1 aromatic heterocycles.